The van der Waals surface area contributed by atoms with Gasteiger partial charge in [0.15, 0.2) is 0 Å². The molecule has 0 saturated heterocycles. The van der Waals surface area contributed by atoms with E-state index in [0.29, 0.717) is 0 Å². The average molecular weight is 193 g/mol. The van der Waals surface area contributed by atoms with Crippen LogP contribution in [0.15, 0.2) is 12.2 Å². The van der Waals surface area contributed by atoms with Crippen LogP contribution in [0.4, 0.5) is 0 Å². The number of hydrogen-bond donors (Lipinski definition) is 1. The molecular formula is C6H10O5P+. The van der Waals surface area contributed by atoms with E-state index in [1.807, 2.05) is 0 Å². The Balaban J connectivity index is 3.38. The van der Waals surface area contributed by atoms with Gasteiger partial charge in [-0.2, -0.15) is 0 Å². The quantitative estimate of drug-likeness (QED) is 0.302. The van der Waals surface area contributed by atoms with Crippen molar-refractivity contribution in [3.63, 3.8) is 0 Å². The fraction of sp³-hybridized carbons (Fsp3) is 0.500. The smallest absolute Gasteiger partial charge is 0.460 e. The number of ether oxygens (including phenoxy) is 1. The Morgan fingerprint density at radius 1 is 1.58 bits per heavy atom. The lowest BCUT2D eigenvalue weighted by atomic mass is 10.4. The summed E-state index contributed by atoms with van der Waals surface area (Å²) in [6.07, 6.45) is 0. The third-order valence-corrected chi connectivity index (χ3v) is 1.27. The normalized spacial score (nSPS) is 10.7. The topological polar surface area (TPSA) is 72.8 Å². The van der Waals surface area contributed by atoms with E-state index >= 15 is 0 Å². The molecule has 0 heterocycles. The molecule has 68 valence electrons. The first-order valence-corrected chi connectivity index (χ1v) is 4.28. The van der Waals surface area contributed by atoms with Crippen LogP contribution >= 0.6 is 8.25 Å². The zero-order chi connectivity index (χ0) is 9.56. The summed E-state index contributed by atoms with van der Waals surface area (Å²) in [7, 11) is -2.61. The number of rotatable bonds is 5. The van der Waals surface area contributed by atoms with Gasteiger partial charge in [0.1, 0.15) is 13.2 Å². The molecule has 5 nitrogen and oxygen atoms in total. The van der Waals surface area contributed by atoms with E-state index in [0.717, 1.165) is 0 Å². The van der Waals surface area contributed by atoms with E-state index in [1.54, 1.807) is 0 Å². The SMILES string of the molecule is C=C(C)C(=O)OCCO[P+](=O)O. The van der Waals surface area contributed by atoms with Gasteiger partial charge in [0.05, 0.1) is 0 Å². The van der Waals surface area contributed by atoms with E-state index in [4.69, 9.17) is 4.89 Å². The summed E-state index contributed by atoms with van der Waals surface area (Å²) in [5.41, 5.74) is 0.281. The van der Waals surface area contributed by atoms with E-state index in [2.05, 4.69) is 15.8 Å². The summed E-state index contributed by atoms with van der Waals surface area (Å²) >= 11 is 0. The van der Waals surface area contributed by atoms with Gasteiger partial charge in [-0.25, -0.2) is 4.79 Å². The minimum Gasteiger partial charge on any atom is -0.460 e. The second-order valence-electron chi connectivity index (χ2n) is 1.99. The first-order valence-electron chi connectivity index (χ1n) is 3.15. The Bertz CT molecular complexity index is 200. The summed E-state index contributed by atoms with van der Waals surface area (Å²) in [6.45, 7) is 4.72. The van der Waals surface area contributed by atoms with Crippen molar-refractivity contribution < 1.29 is 23.5 Å². The molecule has 0 aromatic carbocycles. The Labute approximate surface area is 70.9 Å². The zero-order valence-corrected chi connectivity index (χ0v) is 7.54. The lowest BCUT2D eigenvalue weighted by Crippen LogP contribution is -2.09. The first-order chi connectivity index (χ1) is 5.54. The molecule has 0 saturated carbocycles. The Morgan fingerprint density at radius 3 is 2.58 bits per heavy atom. The predicted molar refractivity (Wildman–Crippen MR) is 41.6 cm³/mol. The van der Waals surface area contributed by atoms with Gasteiger partial charge in [-0.3, -0.25) is 0 Å². The van der Waals surface area contributed by atoms with Crippen molar-refractivity contribution in [1.82, 2.24) is 0 Å². The van der Waals surface area contributed by atoms with Crippen LogP contribution in [0.5, 0.6) is 0 Å². The highest BCUT2D eigenvalue weighted by atomic mass is 31.1. The molecule has 1 N–H and O–H groups in total. The molecule has 0 bridgehead atoms. The van der Waals surface area contributed by atoms with Gasteiger partial charge in [0.25, 0.3) is 0 Å². The molecule has 0 radical (unpaired) electrons. The van der Waals surface area contributed by atoms with E-state index in [-0.39, 0.29) is 18.8 Å². The minimum absolute atomic E-state index is 0.0483. The van der Waals surface area contributed by atoms with Crippen LogP contribution in [0.25, 0.3) is 0 Å². The van der Waals surface area contributed by atoms with Crippen LogP contribution in [0, 0.1) is 0 Å². The molecule has 0 aromatic heterocycles. The van der Waals surface area contributed by atoms with Crippen molar-refractivity contribution in [3.05, 3.63) is 12.2 Å². The lowest BCUT2D eigenvalue weighted by Gasteiger charge is -1.99. The largest absolute Gasteiger partial charge is 0.694 e. The standard InChI is InChI=1S/C6H9O5P/c1-5(2)6(7)10-3-4-11-12(8)9/h1,3-4H2,2H3/p+1. The van der Waals surface area contributed by atoms with Crippen molar-refractivity contribution in [2.75, 3.05) is 13.2 Å². The fourth-order valence-electron chi connectivity index (χ4n) is 0.373. The summed E-state index contributed by atoms with van der Waals surface area (Å²) < 4.78 is 18.7. The van der Waals surface area contributed by atoms with Gasteiger partial charge in [0.2, 0.25) is 0 Å². The monoisotopic (exact) mass is 193 g/mol. The van der Waals surface area contributed by atoms with E-state index in [1.165, 1.54) is 6.92 Å². The lowest BCUT2D eigenvalue weighted by molar-refractivity contribution is -0.139. The van der Waals surface area contributed by atoms with Crippen molar-refractivity contribution in [3.8, 4) is 0 Å². The van der Waals surface area contributed by atoms with Crippen LogP contribution in [0.3, 0.4) is 0 Å². The third kappa shape index (κ3) is 5.97. The summed E-state index contributed by atoms with van der Waals surface area (Å²) in [5.74, 6) is -0.535. The van der Waals surface area contributed by atoms with Crippen LogP contribution in [-0.4, -0.2) is 24.1 Å². The molecule has 0 amide bonds. The zero-order valence-electron chi connectivity index (χ0n) is 6.65. The van der Waals surface area contributed by atoms with Crippen molar-refractivity contribution >= 4 is 14.2 Å². The summed E-state index contributed by atoms with van der Waals surface area (Å²) in [6, 6.07) is 0. The molecule has 0 aromatic rings. The Morgan fingerprint density at radius 2 is 2.17 bits per heavy atom. The molecule has 0 aliphatic carbocycles. The van der Waals surface area contributed by atoms with Gasteiger partial charge in [-0.05, 0) is 6.92 Å². The first kappa shape index (κ1) is 11.2. The number of esters is 1. The van der Waals surface area contributed by atoms with E-state index < -0.39 is 14.2 Å². The second kappa shape index (κ2) is 5.83. The molecule has 0 aliphatic heterocycles. The number of carbonyl (C=O) groups excluding carboxylic acids is 1. The van der Waals surface area contributed by atoms with Crippen molar-refractivity contribution in [1.29, 1.82) is 0 Å². The van der Waals surface area contributed by atoms with Gasteiger partial charge in [-0.1, -0.05) is 6.58 Å². The maximum Gasteiger partial charge on any atom is 0.694 e. The van der Waals surface area contributed by atoms with Gasteiger partial charge >= 0.3 is 14.2 Å². The van der Waals surface area contributed by atoms with Crippen LogP contribution in [0.2, 0.25) is 0 Å². The Kier molecular flexibility index (Phi) is 5.45. The molecule has 0 aliphatic rings. The maximum absolute atomic E-state index is 10.7. The summed E-state index contributed by atoms with van der Waals surface area (Å²) in [5, 5.41) is 0. The number of hydrogen-bond acceptors (Lipinski definition) is 4. The minimum atomic E-state index is -2.61. The fourth-order valence-corrected chi connectivity index (χ4v) is 0.604. The molecule has 6 heteroatoms. The molecule has 1 unspecified atom stereocenters. The average Bonchev–Trinajstić information content (AvgIpc) is 1.97. The molecule has 12 heavy (non-hydrogen) atoms. The maximum atomic E-state index is 10.7. The summed E-state index contributed by atoms with van der Waals surface area (Å²) in [4.78, 5) is 18.8. The van der Waals surface area contributed by atoms with Gasteiger partial charge in [-0.15, -0.1) is 9.42 Å². The number of carbonyl (C=O) groups is 1. The molecule has 0 rings (SSSR count). The molecular weight excluding hydrogens is 183 g/mol. The molecule has 0 spiro atoms. The highest BCUT2D eigenvalue weighted by Gasteiger charge is 2.11. The van der Waals surface area contributed by atoms with Crippen molar-refractivity contribution in [2.45, 2.75) is 6.92 Å². The Hall–Kier alpha value is -0.770. The second-order valence-corrected chi connectivity index (χ2v) is 2.72. The molecule has 1 atom stereocenters. The molecule has 0 fully saturated rings. The van der Waals surface area contributed by atoms with Crippen LogP contribution in [0.1, 0.15) is 6.92 Å². The third-order valence-electron chi connectivity index (χ3n) is 0.867. The highest BCUT2D eigenvalue weighted by Crippen LogP contribution is 2.13. The highest BCUT2D eigenvalue weighted by molar-refractivity contribution is 7.32. The van der Waals surface area contributed by atoms with Gasteiger partial charge < -0.3 is 4.74 Å². The van der Waals surface area contributed by atoms with E-state index in [9.17, 15) is 9.36 Å². The predicted octanol–water partition coefficient (Wildman–Crippen LogP) is 0.772. The van der Waals surface area contributed by atoms with Crippen molar-refractivity contribution in [2.24, 2.45) is 0 Å². The van der Waals surface area contributed by atoms with Crippen LogP contribution < -0.4 is 0 Å². The van der Waals surface area contributed by atoms with Crippen LogP contribution in [-0.2, 0) is 18.6 Å². The van der Waals surface area contributed by atoms with Gasteiger partial charge in [0, 0.05) is 10.1 Å².